The van der Waals surface area contributed by atoms with Crippen molar-refractivity contribution in [1.29, 1.82) is 0 Å². The Hall–Kier alpha value is -0.770. The first-order valence-corrected chi connectivity index (χ1v) is 5.06. The maximum absolute atomic E-state index is 10.6. The highest BCUT2D eigenvalue weighted by Gasteiger charge is 2.34. The molecule has 8 nitrogen and oxygen atoms in total. The van der Waals surface area contributed by atoms with Crippen molar-refractivity contribution in [3.8, 4) is 0 Å². The number of hydrogen-bond donors (Lipinski definition) is 6. The summed E-state index contributed by atoms with van der Waals surface area (Å²) < 4.78 is 4.94. The Morgan fingerprint density at radius 3 is 2.18 bits per heavy atom. The van der Waals surface area contributed by atoms with E-state index in [1.165, 1.54) is 6.92 Å². The minimum Gasteiger partial charge on any atom is -0.479 e. The summed E-state index contributed by atoms with van der Waals surface area (Å²) in [5, 5.41) is 45.0. The average Bonchev–Trinajstić information content (AvgIpc) is 2.32. The molecule has 0 fully saturated rings. The zero-order chi connectivity index (χ0) is 13.6. The van der Waals surface area contributed by atoms with Crippen molar-refractivity contribution >= 4 is 5.97 Å². The van der Waals surface area contributed by atoms with Crippen molar-refractivity contribution in [1.82, 2.24) is 0 Å². The summed E-state index contributed by atoms with van der Waals surface area (Å²) in [6, 6.07) is -1.08. The van der Waals surface area contributed by atoms with Crippen molar-refractivity contribution in [3.63, 3.8) is 0 Å². The van der Waals surface area contributed by atoms with E-state index in [-0.39, 0.29) is 0 Å². The van der Waals surface area contributed by atoms with E-state index >= 15 is 0 Å². The fraction of sp³-hybridized carbons (Fsp3) is 0.889. The number of nitrogens with two attached hydrogens (primary N) is 1. The number of aliphatic carboxylic acids is 1. The van der Waals surface area contributed by atoms with Gasteiger partial charge in [0, 0.05) is 0 Å². The van der Waals surface area contributed by atoms with E-state index in [1.54, 1.807) is 0 Å². The van der Waals surface area contributed by atoms with Crippen molar-refractivity contribution < 1.29 is 35.1 Å². The van der Waals surface area contributed by atoms with E-state index in [1.807, 2.05) is 0 Å². The van der Waals surface area contributed by atoms with Gasteiger partial charge in [-0.2, -0.15) is 0 Å². The molecule has 0 aliphatic heterocycles. The number of carboxylic acids is 1. The maximum Gasteiger partial charge on any atom is 0.332 e. The number of ether oxygens (including phenoxy) is 1. The van der Waals surface area contributed by atoms with Gasteiger partial charge in [0.05, 0.1) is 19.3 Å². The van der Waals surface area contributed by atoms with Gasteiger partial charge in [-0.25, -0.2) is 4.79 Å². The van der Waals surface area contributed by atoms with Gasteiger partial charge in [-0.3, -0.25) is 0 Å². The highest BCUT2D eigenvalue weighted by Crippen LogP contribution is 2.11. The third-order valence-electron chi connectivity index (χ3n) is 2.26. The lowest BCUT2D eigenvalue weighted by Gasteiger charge is -2.31. The summed E-state index contributed by atoms with van der Waals surface area (Å²) in [5.41, 5.74) is 5.44. The Morgan fingerprint density at radius 1 is 1.29 bits per heavy atom. The van der Waals surface area contributed by atoms with Crippen LogP contribution in [0.5, 0.6) is 0 Å². The molecule has 0 radical (unpaired) electrons. The van der Waals surface area contributed by atoms with Crippen LogP contribution < -0.4 is 5.73 Å². The van der Waals surface area contributed by atoms with E-state index < -0.39 is 49.6 Å². The zero-order valence-electron chi connectivity index (χ0n) is 9.43. The molecule has 0 unspecified atom stereocenters. The molecule has 0 saturated carbocycles. The first-order valence-electron chi connectivity index (χ1n) is 5.06. The molecule has 0 aromatic rings. The summed E-state index contributed by atoms with van der Waals surface area (Å²) in [5.74, 6) is -1.27. The lowest BCUT2D eigenvalue weighted by atomic mass is 10.0. The number of hydrogen-bond acceptors (Lipinski definition) is 7. The minimum absolute atomic E-state index is 0.563. The number of carbonyl (C=O) groups is 1. The molecule has 7 N–H and O–H groups in total. The molecule has 0 rings (SSSR count). The Bertz CT molecular complexity index is 237. The molecule has 0 amide bonds. The Kier molecular flexibility index (Phi) is 7.19. The van der Waals surface area contributed by atoms with Crippen molar-refractivity contribution in [2.45, 2.75) is 37.4 Å². The maximum atomic E-state index is 10.6. The van der Waals surface area contributed by atoms with Crippen molar-refractivity contribution in [2.75, 3.05) is 13.2 Å². The second-order valence-corrected chi connectivity index (χ2v) is 3.67. The van der Waals surface area contributed by atoms with Crippen molar-refractivity contribution in [3.05, 3.63) is 0 Å². The lowest BCUT2D eigenvalue weighted by molar-refractivity contribution is -0.167. The second kappa shape index (κ2) is 7.54. The molecule has 0 bridgehead atoms. The Morgan fingerprint density at radius 2 is 1.82 bits per heavy atom. The van der Waals surface area contributed by atoms with Crippen LogP contribution in [0.1, 0.15) is 6.92 Å². The SMILES string of the molecule is C[C@@H](O[C@@H]([C@H](O)[C@H](O)CO)[C@@H](N)CO)C(=O)O. The van der Waals surface area contributed by atoms with Crippen LogP contribution in [0.4, 0.5) is 0 Å². The van der Waals surface area contributed by atoms with Gasteiger partial charge in [0.1, 0.15) is 18.3 Å². The van der Waals surface area contributed by atoms with Crippen LogP contribution in [0.3, 0.4) is 0 Å². The summed E-state index contributed by atoms with van der Waals surface area (Å²) in [6.07, 6.45) is -5.69. The van der Waals surface area contributed by atoms with E-state index in [0.29, 0.717) is 0 Å². The number of aliphatic hydroxyl groups is 4. The van der Waals surface area contributed by atoms with E-state index in [0.717, 1.165) is 0 Å². The summed E-state index contributed by atoms with van der Waals surface area (Å²) in [7, 11) is 0. The topological polar surface area (TPSA) is 153 Å². The molecule has 0 aliphatic rings. The second-order valence-electron chi connectivity index (χ2n) is 3.67. The van der Waals surface area contributed by atoms with Gasteiger partial charge in [-0.15, -0.1) is 0 Å². The van der Waals surface area contributed by atoms with Crippen LogP contribution in [0.15, 0.2) is 0 Å². The van der Waals surface area contributed by atoms with Gasteiger partial charge >= 0.3 is 5.97 Å². The minimum atomic E-state index is -1.59. The highest BCUT2D eigenvalue weighted by molar-refractivity contribution is 5.71. The fourth-order valence-electron chi connectivity index (χ4n) is 1.16. The molecule has 17 heavy (non-hydrogen) atoms. The first kappa shape index (κ1) is 16.2. The smallest absolute Gasteiger partial charge is 0.332 e. The Labute approximate surface area is 98.2 Å². The molecule has 0 spiro atoms. The normalized spacial score (nSPS) is 20.4. The standard InChI is InChI=1S/C9H19NO7/c1-4(9(15)16)17-8(5(10)2-11)7(14)6(13)3-12/h4-8,11-14H,2-3,10H2,1H3,(H,15,16)/t4-,5+,6-,7-,8-/m1/s1. The van der Waals surface area contributed by atoms with Gasteiger partial charge in [0.15, 0.2) is 6.10 Å². The van der Waals surface area contributed by atoms with Crippen LogP contribution in [-0.4, -0.2) is 75.2 Å². The zero-order valence-corrected chi connectivity index (χ0v) is 9.43. The summed E-state index contributed by atoms with van der Waals surface area (Å²) >= 11 is 0. The summed E-state index contributed by atoms with van der Waals surface area (Å²) in [4.78, 5) is 10.6. The molecule has 5 atom stereocenters. The molecule has 0 heterocycles. The molecule has 0 saturated heterocycles. The molecular weight excluding hydrogens is 234 g/mol. The average molecular weight is 253 g/mol. The largest absolute Gasteiger partial charge is 0.479 e. The van der Waals surface area contributed by atoms with Gasteiger partial charge in [-0.05, 0) is 6.92 Å². The molecule has 0 aromatic heterocycles. The van der Waals surface area contributed by atoms with Crippen molar-refractivity contribution in [2.24, 2.45) is 5.73 Å². The van der Waals surface area contributed by atoms with Gasteiger partial charge in [0.2, 0.25) is 0 Å². The van der Waals surface area contributed by atoms with Crippen LogP contribution in [0.2, 0.25) is 0 Å². The summed E-state index contributed by atoms with van der Waals surface area (Å²) in [6.45, 7) is -0.0791. The number of aliphatic hydroxyl groups excluding tert-OH is 4. The number of carboxylic acid groups (broad SMARTS) is 1. The lowest BCUT2D eigenvalue weighted by Crippen LogP contribution is -2.53. The quantitative estimate of drug-likeness (QED) is 0.265. The molecular formula is C9H19NO7. The predicted octanol–water partition coefficient (Wildman–Crippen LogP) is -3.12. The molecule has 0 aliphatic carbocycles. The predicted molar refractivity (Wildman–Crippen MR) is 56.1 cm³/mol. The van der Waals surface area contributed by atoms with Gasteiger partial charge in [-0.1, -0.05) is 0 Å². The third-order valence-corrected chi connectivity index (χ3v) is 2.26. The number of rotatable bonds is 8. The molecule has 102 valence electrons. The van der Waals surface area contributed by atoms with E-state index in [4.69, 9.17) is 25.8 Å². The van der Waals surface area contributed by atoms with Gasteiger partial charge in [0.25, 0.3) is 0 Å². The monoisotopic (exact) mass is 253 g/mol. The van der Waals surface area contributed by atoms with Crippen LogP contribution in [-0.2, 0) is 9.53 Å². The Balaban J connectivity index is 4.69. The van der Waals surface area contributed by atoms with Crippen LogP contribution in [0.25, 0.3) is 0 Å². The first-order chi connectivity index (χ1) is 7.84. The van der Waals surface area contributed by atoms with E-state index in [9.17, 15) is 15.0 Å². The molecule has 0 aromatic carbocycles. The highest BCUT2D eigenvalue weighted by atomic mass is 16.5. The van der Waals surface area contributed by atoms with Gasteiger partial charge < -0.3 is 36.0 Å². The third kappa shape index (κ3) is 4.94. The van der Waals surface area contributed by atoms with Crippen LogP contribution >= 0.6 is 0 Å². The molecule has 8 heteroatoms. The van der Waals surface area contributed by atoms with E-state index in [2.05, 4.69) is 0 Å². The fourth-order valence-corrected chi connectivity index (χ4v) is 1.16. The van der Waals surface area contributed by atoms with Crippen LogP contribution in [0, 0.1) is 0 Å².